The van der Waals surface area contributed by atoms with Gasteiger partial charge in [0.1, 0.15) is 5.82 Å². The number of aliphatic hydroxyl groups is 1. The van der Waals surface area contributed by atoms with Crippen molar-refractivity contribution in [3.8, 4) is 0 Å². The van der Waals surface area contributed by atoms with Gasteiger partial charge in [0.25, 0.3) is 0 Å². The highest BCUT2D eigenvalue weighted by molar-refractivity contribution is 6.31. The molecule has 0 bridgehead atoms. The molecule has 0 aliphatic rings. The minimum Gasteiger partial charge on any atom is -0.396 e. The summed E-state index contributed by atoms with van der Waals surface area (Å²) in [5.74, 6) is -0.389. The number of hydrogen-bond acceptors (Lipinski definition) is 1. The van der Waals surface area contributed by atoms with Gasteiger partial charge in [-0.1, -0.05) is 17.7 Å². The topological polar surface area (TPSA) is 20.2 Å². The minimum absolute atomic E-state index is 0.103. The quantitative estimate of drug-likeness (QED) is 0.799. The summed E-state index contributed by atoms with van der Waals surface area (Å²) in [5, 5.41) is 8.83. The fraction of sp³-hybridized carbons (Fsp3) is 0.400. The second-order valence-corrected chi connectivity index (χ2v) is 3.36. The van der Waals surface area contributed by atoms with Crippen molar-refractivity contribution in [3.05, 3.63) is 34.1 Å². The molecule has 0 saturated heterocycles. The number of benzene rings is 1. The van der Waals surface area contributed by atoms with E-state index in [0.717, 1.165) is 11.1 Å². The number of rotatable bonds is 3. The van der Waals surface area contributed by atoms with Crippen molar-refractivity contribution >= 4 is 11.6 Å². The van der Waals surface area contributed by atoms with Gasteiger partial charge in [0.2, 0.25) is 0 Å². The van der Waals surface area contributed by atoms with Crippen LogP contribution in [0.1, 0.15) is 17.5 Å². The highest BCUT2D eigenvalue weighted by atomic mass is 35.5. The van der Waals surface area contributed by atoms with E-state index >= 15 is 0 Å². The molecule has 0 amide bonds. The molecule has 1 aromatic carbocycles. The lowest BCUT2D eigenvalue weighted by Crippen LogP contribution is -1.96. The molecule has 0 atom stereocenters. The minimum atomic E-state index is -0.389. The van der Waals surface area contributed by atoms with Gasteiger partial charge in [0.05, 0.1) is 5.02 Å². The van der Waals surface area contributed by atoms with Crippen LogP contribution in [-0.4, -0.2) is 11.7 Å². The third kappa shape index (κ3) is 2.42. The van der Waals surface area contributed by atoms with E-state index in [1.165, 1.54) is 6.07 Å². The van der Waals surface area contributed by atoms with Gasteiger partial charge < -0.3 is 5.11 Å². The maximum Gasteiger partial charge on any atom is 0.142 e. The molecular weight excluding hydrogens is 191 g/mol. The van der Waals surface area contributed by atoms with Crippen molar-refractivity contribution in [3.63, 3.8) is 0 Å². The van der Waals surface area contributed by atoms with Crippen molar-refractivity contribution in [2.24, 2.45) is 0 Å². The first-order chi connectivity index (χ1) is 6.16. The molecule has 1 rings (SSSR count). The molecular formula is C10H12ClFO. The van der Waals surface area contributed by atoms with Gasteiger partial charge in [-0.2, -0.15) is 0 Å². The molecule has 0 aromatic heterocycles. The summed E-state index contributed by atoms with van der Waals surface area (Å²) in [5.41, 5.74) is 1.77. The fourth-order valence-electron chi connectivity index (χ4n) is 1.25. The third-order valence-electron chi connectivity index (χ3n) is 2.02. The number of aliphatic hydroxyl groups excluding tert-OH is 1. The van der Waals surface area contributed by atoms with E-state index < -0.39 is 0 Å². The molecule has 1 aromatic rings. The normalized spacial score (nSPS) is 10.5. The molecule has 0 heterocycles. The van der Waals surface area contributed by atoms with Crippen LogP contribution < -0.4 is 0 Å². The highest BCUT2D eigenvalue weighted by Gasteiger charge is 2.08. The van der Waals surface area contributed by atoms with E-state index in [9.17, 15) is 4.39 Å². The van der Waals surface area contributed by atoms with E-state index in [4.69, 9.17) is 16.7 Å². The zero-order valence-corrected chi connectivity index (χ0v) is 8.24. The van der Waals surface area contributed by atoms with E-state index in [1.54, 1.807) is 6.07 Å². The molecule has 0 unspecified atom stereocenters. The van der Waals surface area contributed by atoms with Crippen LogP contribution in [0.25, 0.3) is 0 Å². The van der Waals surface area contributed by atoms with Crippen LogP contribution in [0.15, 0.2) is 12.1 Å². The second-order valence-electron chi connectivity index (χ2n) is 2.98. The average Bonchev–Trinajstić information content (AvgIpc) is 2.12. The molecule has 0 radical (unpaired) electrons. The van der Waals surface area contributed by atoms with Gasteiger partial charge in [0.15, 0.2) is 0 Å². The summed E-state index contributed by atoms with van der Waals surface area (Å²) >= 11 is 5.78. The number of halogens is 2. The van der Waals surface area contributed by atoms with Crippen LogP contribution in [0.3, 0.4) is 0 Å². The third-order valence-corrected chi connectivity index (χ3v) is 2.42. The van der Waals surface area contributed by atoms with Crippen molar-refractivity contribution < 1.29 is 9.50 Å². The van der Waals surface area contributed by atoms with Crippen LogP contribution in [0.4, 0.5) is 4.39 Å². The van der Waals surface area contributed by atoms with Crippen molar-refractivity contribution in [1.82, 2.24) is 0 Å². The maximum absolute atomic E-state index is 13.0. The molecule has 72 valence electrons. The smallest absolute Gasteiger partial charge is 0.142 e. The molecule has 0 aliphatic carbocycles. The Bertz CT molecular complexity index is 299. The predicted molar refractivity (Wildman–Crippen MR) is 51.6 cm³/mol. The van der Waals surface area contributed by atoms with Crippen LogP contribution in [0.5, 0.6) is 0 Å². The summed E-state index contributed by atoms with van der Waals surface area (Å²) in [4.78, 5) is 0. The van der Waals surface area contributed by atoms with Crippen molar-refractivity contribution in [1.29, 1.82) is 0 Å². The van der Waals surface area contributed by atoms with E-state index in [0.29, 0.717) is 12.8 Å². The Morgan fingerprint density at radius 1 is 1.46 bits per heavy atom. The first-order valence-corrected chi connectivity index (χ1v) is 4.59. The Balaban J connectivity index is 2.96. The lowest BCUT2D eigenvalue weighted by molar-refractivity contribution is 0.288. The standard InChI is InChI=1S/C10H12ClFO/c1-7-4-5-9(12)10(11)8(7)3-2-6-13/h4-5,13H,2-3,6H2,1H3. The molecule has 1 N–H and O–H groups in total. The van der Waals surface area contributed by atoms with Gasteiger partial charge in [-0.15, -0.1) is 0 Å². The highest BCUT2D eigenvalue weighted by Crippen LogP contribution is 2.24. The van der Waals surface area contributed by atoms with E-state index in [-0.39, 0.29) is 17.4 Å². The van der Waals surface area contributed by atoms with Crippen molar-refractivity contribution in [2.75, 3.05) is 6.61 Å². The predicted octanol–water partition coefficient (Wildman–Crippen LogP) is 2.71. The fourth-order valence-corrected chi connectivity index (χ4v) is 1.56. The largest absolute Gasteiger partial charge is 0.396 e. The zero-order valence-electron chi connectivity index (χ0n) is 7.48. The lowest BCUT2D eigenvalue weighted by Gasteiger charge is -2.07. The number of hydrogen-bond donors (Lipinski definition) is 1. The summed E-state index contributed by atoms with van der Waals surface area (Å²) in [6.07, 6.45) is 1.24. The van der Waals surface area contributed by atoms with Gasteiger partial charge >= 0.3 is 0 Å². The van der Waals surface area contributed by atoms with Gasteiger partial charge in [0, 0.05) is 6.61 Å². The molecule has 13 heavy (non-hydrogen) atoms. The van der Waals surface area contributed by atoms with Gasteiger partial charge in [-0.05, 0) is 37.0 Å². The first-order valence-electron chi connectivity index (χ1n) is 4.21. The van der Waals surface area contributed by atoms with Crippen molar-refractivity contribution in [2.45, 2.75) is 19.8 Å². The average molecular weight is 203 g/mol. The molecule has 0 aliphatic heterocycles. The van der Waals surface area contributed by atoms with Crippen LogP contribution in [0, 0.1) is 12.7 Å². The second kappa shape index (κ2) is 4.58. The summed E-state index contributed by atoms with van der Waals surface area (Å²) in [6, 6.07) is 3.06. The summed E-state index contributed by atoms with van der Waals surface area (Å²) < 4.78 is 13.0. The summed E-state index contributed by atoms with van der Waals surface area (Å²) in [6.45, 7) is 1.99. The monoisotopic (exact) mass is 202 g/mol. The van der Waals surface area contributed by atoms with Gasteiger partial charge in [-0.3, -0.25) is 0 Å². The Morgan fingerprint density at radius 2 is 2.15 bits per heavy atom. The first kappa shape index (κ1) is 10.5. The molecule has 1 nitrogen and oxygen atoms in total. The van der Waals surface area contributed by atoms with Gasteiger partial charge in [-0.25, -0.2) is 4.39 Å². The van der Waals surface area contributed by atoms with Crippen LogP contribution >= 0.6 is 11.6 Å². The van der Waals surface area contributed by atoms with E-state index in [2.05, 4.69) is 0 Å². The summed E-state index contributed by atoms with van der Waals surface area (Å²) in [7, 11) is 0. The number of aryl methyl sites for hydroxylation is 1. The lowest BCUT2D eigenvalue weighted by atomic mass is 10.0. The Morgan fingerprint density at radius 3 is 2.77 bits per heavy atom. The Hall–Kier alpha value is -0.600. The molecule has 3 heteroatoms. The Labute approximate surface area is 82.2 Å². The maximum atomic E-state index is 13.0. The molecule has 0 saturated carbocycles. The van der Waals surface area contributed by atoms with E-state index in [1.807, 2.05) is 6.92 Å². The molecule has 0 spiro atoms. The molecule has 0 fully saturated rings. The Kier molecular flexibility index (Phi) is 3.70. The zero-order chi connectivity index (χ0) is 9.84. The van der Waals surface area contributed by atoms with Crippen LogP contribution in [0.2, 0.25) is 5.02 Å². The van der Waals surface area contributed by atoms with Crippen LogP contribution in [-0.2, 0) is 6.42 Å². The SMILES string of the molecule is Cc1ccc(F)c(Cl)c1CCCO.